The molecule has 1 N–H and O–H groups in total. The van der Waals surface area contributed by atoms with E-state index in [2.05, 4.69) is 72.3 Å². The fourth-order valence-electron chi connectivity index (χ4n) is 5.05. The zero-order chi connectivity index (χ0) is 22.5. The van der Waals surface area contributed by atoms with Crippen molar-refractivity contribution in [3.8, 4) is 0 Å². The fourth-order valence-corrected chi connectivity index (χ4v) is 5.05. The predicted octanol–water partition coefficient (Wildman–Crippen LogP) is 5.65. The molecular formula is C28H39N3O. The number of benzene rings is 2. The smallest absolute Gasteiger partial charge is 0.251 e. The summed E-state index contributed by atoms with van der Waals surface area (Å²) in [6.45, 7) is 12.3. The van der Waals surface area contributed by atoms with E-state index in [0.717, 1.165) is 42.6 Å². The summed E-state index contributed by atoms with van der Waals surface area (Å²) in [5.41, 5.74) is 4.44. The Morgan fingerprint density at radius 2 is 1.62 bits per heavy atom. The third kappa shape index (κ3) is 5.92. The molecule has 2 heterocycles. The van der Waals surface area contributed by atoms with Gasteiger partial charge in [0, 0.05) is 37.4 Å². The fraction of sp³-hybridized carbons (Fsp3) is 0.536. The molecule has 0 bridgehead atoms. The van der Waals surface area contributed by atoms with Gasteiger partial charge in [0.15, 0.2) is 0 Å². The van der Waals surface area contributed by atoms with Crippen LogP contribution in [0.5, 0.6) is 0 Å². The number of hydrogen-bond acceptors (Lipinski definition) is 3. The summed E-state index contributed by atoms with van der Waals surface area (Å²) in [6.07, 6.45) is 5.17. The van der Waals surface area contributed by atoms with Crippen LogP contribution in [0.15, 0.2) is 48.5 Å². The summed E-state index contributed by atoms with van der Waals surface area (Å²) >= 11 is 0. The van der Waals surface area contributed by atoms with Crippen molar-refractivity contribution >= 4 is 11.6 Å². The van der Waals surface area contributed by atoms with E-state index in [-0.39, 0.29) is 11.9 Å². The minimum Gasteiger partial charge on any atom is -0.372 e. The number of likely N-dealkylation sites (tertiary alicyclic amines) is 1. The van der Waals surface area contributed by atoms with E-state index in [1.54, 1.807) is 0 Å². The largest absolute Gasteiger partial charge is 0.372 e. The average Bonchev–Trinajstić information content (AvgIpc) is 2.80. The Balaban J connectivity index is 1.30. The van der Waals surface area contributed by atoms with Crippen molar-refractivity contribution in [2.45, 2.75) is 59.0 Å². The standard InChI is InChI=1S/C28H39N3O/c1-21-14-17-31(18-15-21)27-12-10-25(11-13-27)23(3)29-28(32)26-8-6-24(7-9-26)20-30-16-4-5-22(2)19-30/h6-13,21-23H,4-5,14-20H2,1-3H3,(H,29,32)/t22-,23+/m1/s1. The molecule has 2 aliphatic heterocycles. The zero-order valence-corrected chi connectivity index (χ0v) is 20.0. The van der Waals surface area contributed by atoms with Crippen molar-refractivity contribution in [3.63, 3.8) is 0 Å². The monoisotopic (exact) mass is 433 g/mol. The maximum absolute atomic E-state index is 12.8. The van der Waals surface area contributed by atoms with Gasteiger partial charge in [-0.3, -0.25) is 9.69 Å². The van der Waals surface area contributed by atoms with E-state index in [0.29, 0.717) is 0 Å². The molecule has 2 atom stereocenters. The number of hydrogen-bond donors (Lipinski definition) is 1. The molecule has 2 fully saturated rings. The van der Waals surface area contributed by atoms with Crippen LogP contribution in [0.4, 0.5) is 5.69 Å². The predicted molar refractivity (Wildman–Crippen MR) is 133 cm³/mol. The summed E-state index contributed by atoms with van der Waals surface area (Å²) in [5.74, 6) is 1.61. The Hall–Kier alpha value is -2.33. The highest BCUT2D eigenvalue weighted by molar-refractivity contribution is 5.94. The van der Waals surface area contributed by atoms with Crippen LogP contribution >= 0.6 is 0 Å². The first-order valence-electron chi connectivity index (χ1n) is 12.4. The van der Waals surface area contributed by atoms with E-state index in [1.807, 2.05) is 12.1 Å². The number of anilines is 1. The Bertz CT molecular complexity index is 869. The van der Waals surface area contributed by atoms with Gasteiger partial charge in [0.2, 0.25) is 0 Å². The van der Waals surface area contributed by atoms with Crippen LogP contribution in [-0.4, -0.2) is 37.0 Å². The molecule has 4 rings (SSSR count). The van der Waals surface area contributed by atoms with Crippen LogP contribution in [0.25, 0.3) is 0 Å². The molecule has 4 heteroatoms. The summed E-state index contributed by atoms with van der Waals surface area (Å²) in [5, 5.41) is 3.16. The maximum Gasteiger partial charge on any atom is 0.251 e. The SMILES string of the molecule is CC1CCN(c2ccc([C@H](C)NC(=O)c3ccc(CN4CCC[C@@H](C)C4)cc3)cc2)CC1. The van der Waals surface area contributed by atoms with E-state index in [1.165, 1.54) is 50.0 Å². The number of rotatable bonds is 6. The van der Waals surface area contributed by atoms with Gasteiger partial charge in [-0.1, -0.05) is 38.1 Å². The Morgan fingerprint density at radius 1 is 0.938 bits per heavy atom. The van der Waals surface area contributed by atoms with Gasteiger partial charge in [0.1, 0.15) is 0 Å². The van der Waals surface area contributed by atoms with Gasteiger partial charge in [-0.15, -0.1) is 0 Å². The van der Waals surface area contributed by atoms with Crippen LogP contribution in [0.1, 0.15) is 74.0 Å². The highest BCUT2D eigenvalue weighted by atomic mass is 16.1. The summed E-state index contributed by atoms with van der Waals surface area (Å²) in [7, 11) is 0. The molecule has 0 spiro atoms. The summed E-state index contributed by atoms with van der Waals surface area (Å²) in [4.78, 5) is 17.8. The van der Waals surface area contributed by atoms with E-state index in [4.69, 9.17) is 0 Å². The molecule has 0 saturated carbocycles. The molecule has 172 valence electrons. The molecule has 2 saturated heterocycles. The molecule has 4 nitrogen and oxygen atoms in total. The van der Waals surface area contributed by atoms with Gasteiger partial charge >= 0.3 is 0 Å². The van der Waals surface area contributed by atoms with Crippen LogP contribution in [0.2, 0.25) is 0 Å². The molecule has 2 aromatic carbocycles. The van der Waals surface area contributed by atoms with Gasteiger partial charge in [-0.2, -0.15) is 0 Å². The van der Waals surface area contributed by atoms with E-state index >= 15 is 0 Å². The van der Waals surface area contributed by atoms with E-state index in [9.17, 15) is 4.79 Å². The maximum atomic E-state index is 12.8. The number of piperidine rings is 2. The number of carbonyl (C=O) groups is 1. The normalized spacial score (nSPS) is 21.3. The Kier molecular flexibility index (Phi) is 7.51. The second-order valence-electron chi connectivity index (χ2n) is 10.1. The molecule has 32 heavy (non-hydrogen) atoms. The second kappa shape index (κ2) is 10.5. The molecule has 0 aliphatic carbocycles. The molecular weight excluding hydrogens is 394 g/mol. The Morgan fingerprint density at radius 3 is 2.28 bits per heavy atom. The third-order valence-corrected chi connectivity index (χ3v) is 7.25. The molecule has 2 aliphatic rings. The lowest BCUT2D eigenvalue weighted by molar-refractivity contribution is 0.0940. The first kappa shape index (κ1) is 22.8. The third-order valence-electron chi connectivity index (χ3n) is 7.25. The second-order valence-corrected chi connectivity index (χ2v) is 10.1. The number of nitrogens with zero attached hydrogens (tertiary/aromatic N) is 2. The lowest BCUT2D eigenvalue weighted by Gasteiger charge is -2.32. The summed E-state index contributed by atoms with van der Waals surface area (Å²) in [6, 6.07) is 16.8. The molecule has 1 amide bonds. The van der Waals surface area contributed by atoms with Crippen LogP contribution < -0.4 is 10.2 Å². The van der Waals surface area contributed by atoms with Crippen molar-refractivity contribution in [3.05, 3.63) is 65.2 Å². The van der Waals surface area contributed by atoms with Gasteiger partial charge in [-0.25, -0.2) is 0 Å². The Labute approximate surface area is 194 Å². The van der Waals surface area contributed by atoms with Crippen LogP contribution in [0.3, 0.4) is 0 Å². The van der Waals surface area contributed by atoms with Gasteiger partial charge in [-0.05, 0) is 86.4 Å². The first-order chi connectivity index (χ1) is 15.5. The highest BCUT2D eigenvalue weighted by Gasteiger charge is 2.18. The number of carbonyl (C=O) groups excluding carboxylic acids is 1. The molecule has 0 unspecified atom stereocenters. The number of nitrogens with one attached hydrogen (secondary N) is 1. The molecule has 2 aromatic rings. The molecule has 0 aromatic heterocycles. The summed E-state index contributed by atoms with van der Waals surface area (Å²) < 4.78 is 0. The first-order valence-corrected chi connectivity index (χ1v) is 12.4. The van der Waals surface area contributed by atoms with Crippen LogP contribution in [0, 0.1) is 11.8 Å². The quantitative estimate of drug-likeness (QED) is 0.640. The van der Waals surface area contributed by atoms with Crippen molar-refractivity contribution < 1.29 is 4.79 Å². The van der Waals surface area contributed by atoms with Gasteiger partial charge in [0.25, 0.3) is 5.91 Å². The minimum atomic E-state index is -0.0209. The van der Waals surface area contributed by atoms with Crippen molar-refractivity contribution in [1.82, 2.24) is 10.2 Å². The minimum absolute atomic E-state index is 0.00950. The zero-order valence-electron chi connectivity index (χ0n) is 20.0. The average molecular weight is 434 g/mol. The van der Waals surface area contributed by atoms with E-state index < -0.39 is 0 Å². The van der Waals surface area contributed by atoms with Crippen LogP contribution in [-0.2, 0) is 6.54 Å². The van der Waals surface area contributed by atoms with Crippen molar-refractivity contribution in [2.75, 3.05) is 31.1 Å². The van der Waals surface area contributed by atoms with Gasteiger partial charge < -0.3 is 10.2 Å². The van der Waals surface area contributed by atoms with Crippen molar-refractivity contribution in [1.29, 1.82) is 0 Å². The molecule has 0 radical (unpaired) electrons. The van der Waals surface area contributed by atoms with Gasteiger partial charge in [0.05, 0.1) is 6.04 Å². The highest BCUT2D eigenvalue weighted by Crippen LogP contribution is 2.25. The lowest BCUT2D eigenvalue weighted by Crippen LogP contribution is -2.33. The van der Waals surface area contributed by atoms with Crippen molar-refractivity contribution in [2.24, 2.45) is 11.8 Å². The topological polar surface area (TPSA) is 35.6 Å². The number of amides is 1. The lowest BCUT2D eigenvalue weighted by atomic mass is 9.98.